The van der Waals surface area contributed by atoms with E-state index in [0.29, 0.717) is 54.2 Å². The van der Waals surface area contributed by atoms with Crippen LogP contribution in [0.4, 0.5) is 25.8 Å². The summed E-state index contributed by atoms with van der Waals surface area (Å²) < 4.78 is 24.7. The lowest BCUT2D eigenvalue weighted by atomic mass is 10.2. The Morgan fingerprint density at radius 1 is 1.10 bits per heavy atom. The van der Waals surface area contributed by atoms with Crippen molar-refractivity contribution in [1.29, 1.82) is 0 Å². The summed E-state index contributed by atoms with van der Waals surface area (Å²) in [7, 11) is 0. The third-order valence-electron chi connectivity index (χ3n) is 4.52. The molecule has 3 rings (SSSR count). The highest BCUT2D eigenvalue weighted by molar-refractivity contribution is 7.99. The van der Waals surface area contributed by atoms with Crippen molar-refractivity contribution in [2.45, 2.75) is 10.7 Å². The fourth-order valence-corrected chi connectivity index (χ4v) is 3.66. The van der Waals surface area contributed by atoms with E-state index in [1.807, 2.05) is 9.80 Å². The van der Waals surface area contributed by atoms with Crippen molar-refractivity contribution in [3.8, 4) is 0 Å². The largest absolute Gasteiger partial charge is 0.363 e. The SMILES string of the molecule is O=C(CN1CCN(c2ccccc2[N+](=O)[O-])CC1)Nc1ccc(SC(F)F)cc1. The van der Waals surface area contributed by atoms with E-state index < -0.39 is 5.76 Å². The highest BCUT2D eigenvalue weighted by atomic mass is 32.2. The first-order valence-corrected chi connectivity index (χ1v) is 9.86. The standard InChI is InChI=1S/C19H20F2N4O3S/c20-19(21)29-15-7-5-14(6-8-15)22-18(26)13-23-9-11-24(12-10-23)16-3-1-2-4-17(16)25(27)28/h1-8,19H,9-13H2,(H,22,26). The van der Waals surface area contributed by atoms with Gasteiger partial charge in [0, 0.05) is 42.8 Å². The third-order valence-corrected chi connectivity index (χ3v) is 5.24. The van der Waals surface area contributed by atoms with Gasteiger partial charge in [-0.25, -0.2) is 0 Å². The van der Waals surface area contributed by atoms with Gasteiger partial charge in [-0.05, 0) is 30.3 Å². The number of carbonyl (C=O) groups is 1. The Hall–Kier alpha value is -2.72. The number of rotatable bonds is 7. The zero-order chi connectivity index (χ0) is 20.8. The first-order chi connectivity index (χ1) is 13.9. The average Bonchev–Trinajstić information content (AvgIpc) is 2.69. The number of nitro benzene ring substituents is 1. The van der Waals surface area contributed by atoms with Crippen molar-refractivity contribution < 1.29 is 18.5 Å². The number of anilines is 2. The van der Waals surface area contributed by atoms with Gasteiger partial charge in [-0.15, -0.1) is 0 Å². The predicted octanol–water partition coefficient (Wildman–Crippen LogP) is 3.67. The molecule has 1 aliphatic rings. The number of para-hydroxylation sites is 2. The number of hydrogen-bond donors (Lipinski definition) is 1. The summed E-state index contributed by atoms with van der Waals surface area (Å²) >= 11 is 0.454. The number of benzene rings is 2. The predicted molar refractivity (Wildman–Crippen MR) is 109 cm³/mol. The van der Waals surface area contributed by atoms with Gasteiger partial charge in [0.1, 0.15) is 5.69 Å². The lowest BCUT2D eigenvalue weighted by Crippen LogP contribution is -2.48. The second-order valence-electron chi connectivity index (χ2n) is 6.46. The maximum atomic E-state index is 12.3. The van der Waals surface area contributed by atoms with Crippen LogP contribution in [-0.2, 0) is 4.79 Å². The molecule has 7 nitrogen and oxygen atoms in total. The summed E-state index contributed by atoms with van der Waals surface area (Å²) in [6.45, 7) is 2.56. The van der Waals surface area contributed by atoms with E-state index in [0.717, 1.165) is 0 Å². The summed E-state index contributed by atoms with van der Waals surface area (Å²) in [5.74, 6) is -2.68. The summed E-state index contributed by atoms with van der Waals surface area (Å²) in [6.07, 6.45) is 0. The van der Waals surface area contributed by atoms with E-state index in [1.54, 1.807) is 30.3 Å². The van der Waals surface area contributed by atoms with Crippen molar-refractivity contribution in [3.63, 3.8) is 0 Å². The van der Waals surface area contributed by atoms with Crippen LogP contribution in [0.1, 0.15) is 0 Å². The number of piperazine rings is 1. The number of hydrogen-bond acceptors (Lipinski definition) is 6. The Bertz CT molecular complexity index is 859. The molecule has 0 atom stereocenters. The molecule has 0 aromatic heterocycles. The van der Waals surface area contributed by atoms with Crippen molar-refractivity contribution in [1.82, 2.24) is 4.90 Å². The molecule has 1 saturated heterocycles. The molecule has 0 aliphatic carbocycles. The van der Waals surface area contributed by atoms with Gasteiger partial charge in [0.15, 0.2) is 0 Å². The number of thioether (sulfide) groups is 1. The molecule has 0 bridgehead atoms. The van der Waals surface area contributed by atoms with Crippen LogP contribution in [0.2, 0.25) is 0 Å². The summed E-state index contributed by atoms with van der Waals surface area (Å²) in [6, 6.07) is 12.9. The summed E-state index contributed by atoms with van der Waals surface area (Å²) in [4.78, 5) is 27.4. The van der Waals surface area contributed by atoms with Gasteiger partial charge < -0.3 is 10.2 Å². The van der Waals surface area contributed by atoms with Crippen LogP contribution in [0.3, 0.4) is 0 Å². The molecular weight excluding hydrogens is 402 g/mol. The highest BCUT2D eigenvalue weighted by Gasteiger charge is 2.24. The Morgan fingerprint density at radius 2 is 1.76 bits per heavy atom. The molecule has 154 valence electrons. The number of nitrogens with zero attached hydrogens (tertiary/aromatic N) is 3. The van der Waals surface area contributed by atoms with Crippen LogP contribution in [0.25, 0.3) is 0 Å². The van der Waals surface area contributed by atoms with Crippen LogP contribution in [0.5, 0.6) is 0 Å². The molecule has 2 aromatic carbocycles. The topological polar surface area (TPSA) is 78.7 Å². The molecule has 10 heteroatoms. The van der Waals surface area contributed by atoms with Gasteiger partial charge in [0.25, 0.3) is 11.4 Å². The lowest BCUT2D eigenvalue weighted by Gasteiger charge is -2.35. The van der Waals surface area contributed by atoms with E-state index in [1.165, 1.54) is 18.2 Å². The Morgan fingerprint density at radius 3 is 2.38 bits per heavy atom. The van der Waals surface area contributed by atoms with E-state index in [9.17, 15) is 23.7 Å². The molecule has 2 aromatic rings. The normalized spacial score (nSPS) is 14.8. The molecule has 1 aliphatic heterocycles. The van der Waals surface area contributed by atoms with Crippen molar-refractivity contribution in [2.75, 3.05) is 42.9 Å². The smallest absolute Gasteiger partial charge is 0.292 e. The van der Waals surface area contributed by atoms with Gasteiger partial charge >= 0.3 is 0 Å². The van der Waals surface area contributed by atoms with Gasteiger partial charge in [0.05, 0.1) is 11.5 Å². The second-order valence-corrected chi connectivity index (χ2v) is 7.52. The number of halogens is 2. The number of carbonyl (C=O) groups excluding carboxylic acids is 1. The summed E-state index contributed by atoms with van der Waals surface area (Å²) in [5.41, 5.74) is 1.21. The van der Waals surface area contributed by atoms with E-state index in [2.05, 4.69) is 5.32 Å². The van der Waals surface area contributed by atoms with Crippen molar-refractivity contribution in [3.05, 3.63) is 58.6 Å². The van der Waals surface area contributed by atoms with E-state index >= 15 is 0 Å². The highest BCUT2D eigenvalue weighted by Crippen LogP contribution is 2.28. The molecular formula is C19H20F2N4O3S. The quantitative estimate of drug-likeness (QED) is 0.417. The number of nitrogens with one attached hydrogen (secondary N) is 1. The zero-order valence-electron chi connectivity index (χ0n) is 15.5. The molecule has 1 heterocycles. The number of nitro groups is 1. The lowest BCUT2D eigenvalue weighted by molar-refractivity contribution is -0.384. The fourth-order valence-electron chi connectivity index (χ4n) is 3.16. The fraction of sp³-hybridized carbons (Fsp3) is 0.316. The van der Waals surface area contributed by atoms with E-state index in [4.69, 9.17) is 0 Å². The molecule has 1 amide bonds. The van der Waals surface area contributed by atoms with Gasteiger partial charge in [-0.1, -0.05) is 23.9 Å². The molecule has 1 N–H and O–H groups in total. The molecule has 0 unspecified atom stereocenters. The van der Waals surface area contributed by atoms with Gasteiger partial charge in [-0.3, -0.25) is 19.8 Å². The monoisotopic (exact) mass is 422 g/mol. The van der Waals surface area contributed by atoms with Crippen molar-refractivity contribution >= 4 is 34.7 Å². The van der Waals surface area contributed by atoms with Crippen LogP contribution in [0.15, 0.2) is 53.4 Å². The van der Waals surface area contributed by atoms with Gasteiger partial charge in [-0.2, -0.15) is 8.78 Å². The van der Waals surface area contributed by atoms with Crippen LogP contribution in [0, 0.1) is 10.1 Å². The van der Waals surface area contributed by atoms with Crippen LogP contribution < -0.4 is 10.2 Å². The summed E-state index contributed by atoms with van der Waals surface area (Å²) in [5, 5.41) is 14.0. The molecule has 0 radical (unpaired) electrons. The molecule has 0 saturated carbocycles. The first-order valence-electron chi connectivity index (χ1n) is 8.98. The van der Waals surface area contributed by atoms with Gasteiger partial charge in [0.2, 0.25) is 5.91 Å². The minimum Gasteiger partial charge on any atom is -0.363 e. The Kier molecular flexibility index (Phi) is 6.99. The maximum absolute atomic E-state index is 12.3. The van der Waals surface area contributed by atoms with Crippen LogP contribution >= 0.6 is 11.8 Å². The van der Waals surface area contributed by atoms with E-state index in [-0.39, 0.29) is 23.1 Å². The first kappa shape index (κ1) is 21.0. The maximum Gasteiger partial charge on any atom is 0.292 e. The molecule has 29 heavy (non-hydrogen) atoms. The molecule has 0 spiro atoms. The van der Waals surface area contributed by atoms with Crippen molar-refractivity contribution in [2.24, 2.45) is 0 Å². The number of amides is 1. The Balaban J connectivity index is 1.49. The minimum absolute atomic E-state index is 0.0761. The molecule has 1 fully saturated rings. The Labute approximate surface area is 170 Å². The third kappa shape index (κ3) is 5.88. The van der Waals surface area contributed by atoms with Crippen LogP contribution in [-0.4, -0.2) is 54.2 Å². The zero-order valence-corrected chi connectivity index (χ0v) is 16.3. The minimum atomic E-state index is -2.48. The average molecular weight is 422 g/mol. The number of alkyl halides is 2. The second kappa shape index (κ2) is 9.66.